The van der Waals surface area contributed by atoms with Crippen LogP contribution in [0.2, 0.25) is 0 Å². The number of ether oxygens (including phenoxy) is 1. The summed E-state index contributed by atoms with van der Waals surface area (Å²) in [5, 5.41) is 5.61. The number of hydrogen-bond acceptors (Lipinski definition) is 4. The largest absolute Gasteiger partial charge is 0.459 e. The van der Waals surface area contributed by atoms with Gasteiger partial charge in [-0.25, -0.2) is 4.79 Å². The monoisotopic (exact) mass is 552 g/mol. The highest BCUT2D eigenvalue weighted by atomic mass is 16.5. The lowest BCUT2D eigenvalue weighted by Crippen LogP contribution is -2.25. The average molecular weight is 553 g/mol. The Balaban J connectivity index is 1.29. The summed E-state index contributed by atoms with van der Waals surface area (Å²) in [5.74, 6) is -0.239. The first-order valence-corrected chi connectivity index (χ1v) is 14.9. The van der Waals surface area contributed by atoms with Gasteiger partial charge in [-0.2, -0.15) is 0 Å². The van der Waals surface area contributed by atoms with Gasteiger partial charge in [0.05, 0.1) is 17.0 Å². The van der Waals surface area contributed by atoms with Crippen LogP contribution in [0.25, 0.3) is 28.7 Å². The Morgan fingerprint density at radius 1 is 1.00 bits per heavy atom. The number of carbonyl (C=O) groups is 1. The lowest BCUT2D eigenvalue weighted by molar-refractivity contribution is 0.0269. The van der Waals surface area contributed by atoms with Crippen LogP contribution in [0, 0.1) is 6.92 Å². The second-order valence-electron chi connectivity index (χ2n) is 11.2. The number of rotatable bonds is 5. The number of aromatic nitrogens is 1. The molecule has 1 aliphatic heterocycles. The van der Waals surface area contributed by atoms with Crippen molar-refractivity contribution < 1.29 is 9.53 Å². The smallest absolute Gasteiger partial charge is 0.338 e. The molecule has 0 saturated heterocycles. The Bertz CT molecular complexity index is 1800. The van der Waals surface area contributed by atoms with Crippen LogP contribution in [0.3, 0.4) is 0 Å². The third-order valence-electron chi connectivity index (χ3n) is 8.11. The third kappa shape index (κ3) is 6.30. The zero-order valence-electron chi connectivity index (χ0n) is 24.3. The third-order valence-corrected chi connectivity index (χ3v) is 8.11. The summed E-state index contributed by atoms with van der Waals surface area (Å²) in [7, 11) is 0. The highest BCUT2D eigenvalue weighted by Crippen LogP contribution is 2.29. The van der Waals surface area contributed by atoms with E-state index in [-0.39, 0.29) is 12.1 Å². The second kappa shape index (κ2) is 12.5. The molecule has 1 N–H and O–H groups in total. The number of hydrogen-bond donors (Lipinski definition) is 1. The van der Waals surface area contributed by atoms with E-state index in [1.165, 1.54) is 11.1 Å². The van der Waals surface area contributed by atoms with Gasteiger partial charge in [0.2, 0.25) is 0 Å². The highest BCUT2D eigenvalue weighted by Gasteiger charge is 2.18. The standard InChI is InChI=1S/C38H36N2O2/c1-26-8-5-12-34(22-15-26)42-38(41)30-19-16-29(17-20-30)31-11-4-3-10-28-18-21-32(25-33(28)24-31)35-13-7-23-39-37(35)36-14-6-9-27(2)40-36/h3,6-9,11,14,16-21,23-25,34,39H,4-5,12-13,15,22H2,1-2H3/t10?,34-/m0/s1. The van der Waals surface area contributed by atoms with Gasteiger partial charge in [0.25, 0.3) is 0 Å². The molecule has 0 radical (unpaired) electrons. The van der Waals surface area contributed by atoms with Crippen molar-refractivity contribution >= 4 is 34.6 Å². The van der Waals surface area contributed by atoms with Crippen LogP contribution < -0.4 is 15.8 Å². The first-order chi connectivity index (χ1) is 20.5. The van der Waals surface area contributed by atoms with E-state index in [1.54, 1.807) is 0 Å². The van der Waals surface area contributed by atoms with Crippen LogP contribution in [-0.2, 0) is 4.74 Å². The number of esters is 1. The van der Waals surface area contributed by atoms with Crippen molar-refractivity contribution in [2.24, 2.45) is 0 Å². The molecule has 0 saturated carbocycles. The van der Waals surface area contributed by atoms with E-state index in [4.69, 9.17) is 9.72 Å². The van der Waals surface area contributed by atoms with Gasteiger partial charge in [-0.1, -0.05) is 48.1 Å². The molecule has 4 heteroatoms. The van der Waals surface area contributed by atoms with Crippen molar-refractivity contribution in [2.75, 3.05) is 0 Å². The predicted octanol–water partition coefficient (Wildman–Crippen LogP) is 7.01. The number of allylic oxidation sites excluding steroid dienone is 7. The van der Waals surface area contributed by atoms with Crippen LogP contribution in [-0.4, -0.2) is 17.1 Å². The number of aryl methyl sites for hydroxylation is 1. The van der Waals surface area contributed by atoms with Crippen LogP contribution >= 0.6 is 0 Å². The normalized spacial score (nSPS) is 18.2. The number of dihydropyridines is 1. The highest BCUT2D eigenvalue weighted by molar-refractivity contribution is 5.93. The molecule has 3 aliphatic rings. The van der Waals surface area contributed by atoms with Gasteiger partial charge >= 0.3 is 5.97 Å². The summed E-state index contributed by atoms with van der Waals surface area (Å²) < 4.78 is 5.87. The zero-order valence-corrected chi connectivity index (χ0v) is 24.3. The lowest BCUT2D eigenvalue weighted by Gasteiger charge is -2.19. The summed E-state index contributed by atoms with van der Waals surface area (Å²) in [6.07, 6.45) is 18.3. The zero-order chi connectivity index (χ0) is 28.9. The van der Waals surface area contributed by atoms with Crippen LogP contribution in [0.15, 0.2) is 96.7 Å². The van der Waals surface area contributed by atoms with Gasteiger partial charge in [-0.3, -0.25) is 4.98 Å². The summed E-state index contributed by atoms with van der Waals surface area (Å²) in [6, 6.07) is 20.5. The number of benzene rings is 2. The minimum atomic E-state index is -0.239. The molecular weight excluding hydrogens is 516 g/mol. The van der Waals surface area contributed by atoms with Gasteiger partial charge in [-0.05, 0) is 135 Å². The molecule has 0 amide bonds. The van der Waals surface area contributed by atoms with E-state index < -0.39 is 0 Å². The fourth-order valence-corrected chi connectivity index (χ4v) is 5.75. The maximum absolute atomic E-state index is 12.9. The molecule has 210 valence electrons. The number of nitrogens with one attached hydrogen (secondary N) is 1. The van der Waals surface area contributed by atoms with Crippen molar-refractivity contribution in [2.45, 2.75) is 58.5 Å². The van der Waals surface area contributed by atoms with Gasteiger partial charge < -0.3 is 10.1 Å². The van der Waals surface area contributed by atoms with Crippen molar-refractivity contribution in [1.29, 1.82) is 0 Å². The number of fused-ring (bicyclic) bond motifs is 1. The quantitative estimate of drug-likeness (QED) is 0.273. The molecule has 0 bridgehead atoms. The summed E-state index contributed by atoms with van der Waals surface area (Å²) in [4.78, 5) is 17.7. The molecule has 0 spiro atoms. The molecule has 0 fully saturated rings. The van der Waals surface area contributed by atoms with E-state index in [9.17, 15) is 4.79 Å². The second-order valence-corrected chi connectivity index (χ2v) is 11.2. The number of pyridine rings is 1. The van der Waals surface area contributed by atoms with Crippen LogP contribution in [0.1, 0.15) is 78.3 Å². The van der Waals surface area contributed by atoms with E-state index in [2.05, 4.69) is 72.6 Å². The molecule has 1 aromatic heterocycles. The maximum atomic E-state index is 12.9. The van der Waals surface area contributed by atoms with E-state index >= 15 is 0 Å². The number of carbonyl (C=O) groups excluding carboxylic acids is 1. The first-order valence-electron chi connectivity index (χ1n) is 14.9. The van der Waals surface area contributed by atoms with Crippen molar-refractivity contribution in [1.82, 2.24) is 10.3 Å². The topological polar surface area (TPSA) is 51.2 Å². The van der Waals surface area contributed by atoms with E-state index in [1.807, 2.05) is 49.5 Å². The lowest BCUT2D eigenvalue weighted by atomic mass is 9.94. The Labute approximate surface area is 247 Å². The molecule has 42 heavy (non-hydrogen) atoms. The average Bonchev–Trinajstić information content (AvgIpc) is 3.21. The maximum Gasteiger partial charge on any atom is 0.338 e. The first kappa shape index (κ1) is 27.5. The minimum absolute atomic E-state index is 0.0200. The Morgan fingerprint density at radius 2 is 1.86 bits per heavy atom. The molecule has 2 aromatic carbocycles. The van der Waals surface area contributed by atoms with E-state index in [0.29, 0.717) is 5.56 Å². The van der Waals surface area contributed by atoms with Crippen LogP contribution in [0.4, 0.5) is 0 Å². The Morgan fingerprint density at radius 3 is 2.71 bits per heavy atom. The molecule has 1 atom stereocenters. The molecule has 2 aliphatic carbocycles. The molecule has 2 heterocycles. The Hall–Kier alpha value is -4.66. The van der Waals surface area contributed by atoms with Gasteiger partial charge in [-0.15, -0.1) is 5.73 Å². The van der Waals surface area contributed by atoms with Crippen molar-refractivity contribution in [3.63, 3.8) is 0 Å². The molecule has 3 aromatic rings. The van der Waals surface area contributed by atoms with Crippen LogP contribution in [0.5, 0.6) is 0 Å². The molecular formula is C38H36N2O2. The Kier molecular flexibility index (Phi) is 8.16. The molecule has 0 unspecified atom stereocenters. The molecule has 6 rings (SSSR count). The fourth-order valence-electron chi connectivity index (χ4n) is 5.75. The summed E-state index contributed by atoms with van der Waals surface area (Å²) >= 11 is 0. The van der Waals surface area contributed by atoms with Crippen molar-refractivity contribution in [3.05, 3.63) is 135 Å². The minimum Gasteiger partial charge on any atom is -0.459 e. The van der Waals surface area contributed by atoms with Gasteiger partial charge in [0.1, 0.15) is 6.10 Å². The van der Waals surface area contributed by atoms with Gasteiger partial charge in [0, 0.05) is 10.9 Å². The SMILES string of the molecule is CC1=CCC[C@H](OC(=O)c2ccc(C3=CCC=C=c4ccc(C5=C(c6cccc(C)n6)NC=CC5)cc4=C3)cc2)CC1. The molecule has 4 nitrogen and oxygen atoms in total. The summed E-state index contributed by atoms with van der Waals surface area (Å²) in [5.41, 5.74) is 13.0. The number of nitrogens with zero attached hydrogens (tertiary/aromatic N) is 1. The van der Waals surface area contributed by atoms with Crippen molar-refractivity contribution in [3.8, 4) is 0 Å². The summed E-state index contributed by atoms with van der Waals surface area (Å²) in [6.45, 7) is 4.17. The van der Waals surface area contributed by atoms with Gasteiger partial charge in [0.15, 0.2) is 0 Å². The van der Waals surface area contributed by atoms with E-state index in [0.717, 1.165) is 82.7 Å². The fraction of sp³-hybridized carbons (Fsp3) is 0.237. The predicted molar refractivity (Wildman–Crippen MR) is 171 cm³/mol.